The second kappa shape index (κ2) is 9.33. The molecule has 3 aliphatic rings. The lowest BCUT2D eigenvalue weighted by Gasteiger charge is -2.37. The zero-order valence-electron chi connectivity index (χ0n) is 15.0. The normalized spacial score (nSPS) is 39.3. The molecule has 3 saturated carbocycles. The molecule has 0 nitrogen and oxygen atoms in total. The van der Waals surface area contributed by atoms with E-state index in [1.165, 1.54) is 44.9 Å². The number of rotatable bonds is 0. The third kappa shape index (κ3) is 5.00. The lowest BCUT2D eigenvalue weighted by atomic mass is 9.69. The maximum Gasteiger partial charge on any atom is -0.0386 e. The average molecular weight is 305 g/mol. The lowest BCUT2D eigenvalue weighted by molar-refractivity contribution is 0.145. The van der Waals surface area contributed by atoms with Gasteiger partial charge in [-0.05, 0) is 36.5 Å². The standard InChI is InChI=1S/C22H40/c1-2-4-6-11-19-13-8-9-14-21-17-18-22(21)16-10-15-20(19)12-7-5-3-1/h19-22H,1-18H2. The van der Waals surface area contributed by atoms with Gasteiger partial charge in [-0.2, -0.15) is 0 Å². The van der Waals surface area contributed by atoms with E-state index in [1.54, 1.807) is 70.6 Å². The van der Waals surface area contributed by atoms with Crippen molar-refractivity contribution in [2.24, 2.45) is 23.7 Å². The minimum Gasteiger partial charge on any atom is -0.0533 e. The minimum atomic E-state index is 1.09. The Labute approximate surface area is 139 Å². The maximum absolute atomic E-state index is 1.58. The molecule has 0 saturated heterocycles. The van der Waals surface area contributed by atoms with Crippen LogP contribution in [0.5, 0.6) is 0 Å². The first-order valence-corrected chi connectivity index (χ1v) is 10.9. The van der Waals surface area contributed by atoms with Crippen LogP contribution in [-0.2, 0) is 0 Å². The highest BCUT2D eigenvalue weighted by Gasteiger charge is 2.31. The van der Waals surface area contributed by atoms with Gasteiger partial charge in [-0.1, -0.05) is 103 Å². The molecule has 0 aromatic rings. The Morgan fingerprint density at radius 2 is 0.500 bits per heavy atom. The molecule has 0 N–H and O–H groups in total. The molecule has 0 aliphatic heterocycles. The molecule has 3 rings (SSSR count). The molecular weight excluding hydrogens is 264 g/mol. The smallest absolute Gasteiger partial charge is 0.0386 e. The predicted octanol–water partition coefficient (Wildman–Crippen LogP) is 7.51. The van der Waals surface area contributed by atoms with Gasteiger partial charge in [0.2, 0.25) is 0 Å². The van der Waals surface area contributed by atoms with Gasteiger partial charge in [0.15, 0.2) is 0 Å². The summed E-state index contributed by atoms with van der Waals surface area (Å²) in [6.07, 6.45) is 27.9. The molecule has 3 fully saturated rings. The van der Waals surface area contributed by atoms with Crippen LogP contribution in [0.4, 0.5) is 0 Å². The Bertz CT molecular complexity index is 294. The van der Waals surface area contributed by atoms with E-state index in [2.05, 4.69) is 0 Å². The van der Waals surface area contributed by atoms with Crippen LogP contribution < -0.4 is 0 Å². The summed E-state index contributed by atoms with van der Waals surface area (Å²) in [6, 6.07) is 0. The van der Waals surface area contributed by atoms with Crippen LogP contribution >= 0.6 is 0 Å². The summed E-state index contributed by atoms with van der Waals surface area (Å²) in [7, 11) is 0. The Morgan fingerprint density at radius 1 is 0.227 bits per heavy atom. The van der Waals surface area contributed by atoms with E-state index < -0.39 is 0 Å². The van der Waals surface area contributed by atoms with Crippen molar-refractivity contribution in [1.29, 1.82) is 0 Å². The fourth-order valence-electron chi connectivity index (χ4n) is 5.78. The van der Waals surface area contributed by atoms with Gasteiger partial charge in [-0.25, -0.2) is 0 Å². The van der Waals surface area contributed by atoms with Gasteiger partial charge in [0.05, 0.1) is 0 Å². The highest BCUT2D eigenvalue weighted by molar-refractivity contribution is 4.82. The molecule has 0 aromatic carbocycles. The predicted molar refractivity (Wildman–Crippen MR) is 97.1 cm³/mol. The first-order valence-electron chi connectivity index (χ1n) is 10.9. The Balaban J connectivity index is 1.57. The molecule has 0 aromatic heterocycles. The van der Waals surface area contributed by atoms with Gasteiger partial charge in [0, 0.05) is 0 Å². The van der Waals surface area contributed by atoms with Crippen molar-refractivity contribution < 1.29 is 0 Å². The fraction of sp³-hybridized carbons (Fsp3) is 1.00. The summed E-state index contributed by atoms with van der Waals surface area (Å²) in [6.45, 7) is 0. The molecule has 0 radical (unpaired) electrons. The van der Waals surface area contributed by atoms with E-state index in [1.807, 2.05) is 0 Å². The van der Waals surface area contributed by atoms with Crippen LogP contribution in [-0.4, -0.2) is 0 Å². The molecule has 0 bridgehead atoms. The summed E-state index contributed by atoms with van der Waals surface area (Å²) in [5.41, 5.74) is 0. The summed E-state index contributed by atoms with van der Waals surface area (Å²) >= 11 is 0. The summed E-state index contributed by atoms with van der Waals surface area (Å²) in [5.74, 6) is 4.46. The van der Waals surface area contributed by atoms with Crippen LogP contribution in [0.15, 0.2) is 0 Å². The van der Waals surface area contributed by atoms with Crippen molar-refractivity contribution in [1.82, 2.24) is 0 Å². The monoisotopic (exact) mass is 304 g/mol. The number of hydrogen-bond acceptors (Lipinski definition) is 0. The molecular formula is C22H40. The Morgan fingerprint density at radius 3 is 0.909 bits per heavy atom. The van der Waals surface area contributed by atoms with E-state index in [0.29, 0.717) is 0 Å². The van der Waals surface area contributed by atoms with Gasteiger partial charge < -0.3 is 0 Å². The van der Waals surface area contributed by atoms with Crippen molar-refractivity contribution in [2.45, 2.75) is 116 Å². The molecule has 0 heteroatoms. The van der Waals surface area contributed by atoms with Crippen LogP contribution in [0.1, 0.15) is 116 Å². The summed E-state index contributed by atoms with van der Waals surface area (Å²) in [5, 5.41) is 0. The van der Waals surface area contributed by atoms with Crippen LogP contribution in [0.3, 0.4) is 0 Å². The first-order chi connectivity index (χ1) is 10.9. The summed E-state index contributed by atoms with van der Waals surface area (Å²) in [4.78, 5) is 0. The van der Waals surface area contributed by atoms with Crippen molar-refractivity contribution in [3.05, 3.63) is 0 Å². The molecule has 0 amide bonds. The Kier molecular flexibility index (Phi) is 7.15. The van der Waals surface area contributed by atoms with Crippen LogP contribution in [0, 0.1) is 23.7 Å². The zero-order valence-corrected chi connectivity index (χ0v) is 15.0. The Hall–Kier alpha value is 0. The molecule has 22 heavy (non-hydrogen) atoms. The zero-order chi connectivity index (χ0) is 15.0. The highest BCUT2D eigenvalue weighted by Crippen LogP contribution is 2.43. The van der Waals surface area contributed by atoms with E-state index in [-0.39, 0.29) is 0 Å². The van der Waals surface area contributed by atoms with Gasteiger partial charge >= 0.3 is 0 Å². The summed E-state index contributed by atoms with van der Waals surface area (Å²) < 4.78 is 0. The molecule has 3 aliphatic carbocycles. The minimum absolute atomic E-state index is 1.09. The second-order valence-corrected chi connectivity index (χ2v) is 8.89. The SMILES string of the molecule is C1CCCCC2CCCCC3CCC3CCCC2CCCC1. The van der Waals surface area contributed by atoms with Crippen molar-refractivity contribution in [3.8, 4) is 0 Å². The molecule has 128 valence electrons. The largest absolute Gasteiger partial charge is 0.0533 e. The molecule has 0 spiro atoms. The van der Waals surface area contributed by atoms with Gasteiger partial charge in [0.1, 0.15) is 0 Å². The van der Waals surface area contributed by atoms with Gasteiger partial charge in [-0.15, -0.1) is 0 Å². The van der Waals surface area contributed by atoms with E-state index in [4.69, 9.17) is 0 Å². The van der Waals surface area contributed by atoms with E-state index >= 15 is 0 Å². The van der Waals surface area contributed by atoms with Gasteiger partial charge in [0.25, 0.3) is 0 Å². The number of fused-ring (bicyclic) bond motifs is 2. The quantitative estimate of drug-likeness (QED) is 0.434. The third-order valence-electron chi connectivity index (χ3n) is 7.44. The lowest BCUT2D eigenvalue weighted by Crippen LogP contribution is -2.25. The van der Waals surface area contributed by atoms with Gasteiger partial charge in [-0.3, -0.25) is 0 Å². The first kappa shape index (κ1) is 16.8. The van der Waals surface area contributed by atoms with E-state index in [9.17, 15) is 0 Å². The molecule has 0 heterocycles. The van der Waals surface area contributed by atoms with Crippen molar-refractivity contribution >= 4 is 0 Å². The maximum atomic E-state index is 1.58. The van der Waals surface area contributed by atoms with Crippen LogP contribution in [0.2, 0.25) is 0 Å². The second-order valence-electron chi connectivity index (χ2n) is 8.89. The van der Waals surface area contributed by atoms with Crippen LogP contribution in [0.25, 0.3) is 0 Å². The molecule has 4 atom stereocenters. The van der Waals surface area contributed by atoms with Crippen molar-refractivity contribution in [3.63, 3.8) is 0 Å². The average Bonchev–Trinajstić information content (AvgIpc) is 2.56. The topological polar surface area (TPSA) is 0 Å². The third-order valence-corrected chi connectivity index (χ3v) is 7.44. The molecule has 4 unspecified atom stereocenters. The van der Waals surface area contributed by atoms with Crippen molar-refractivity contribution in [2.75, 3.05) is 0 Å². The highest BCUT2D eigenvalue weighted by atomic mass is 14.4. The fourth-order valence-corrected chi connectivity index (χ4v) is 5.78. The number of hydrogen-bond donors (Lipinski definition) is 0. The van der Waals surface area contributed by atoms with E-state index in [0.717, 1.165) is 23.7 Å².